The molecule has 0 aliphatic heterocycles. The van der Waals surface area contributed by atoms with E-state index in [-0.39, 0.29) is 10.6 Å². The minimum atomic E-state index is -0.346. The van der Waals surface area contributed by atoms with Gasteiger partial charge in [-0.1, -0.05) is 17.7 Å². The van der Waals surface area contributed by atoms with Crippen molar-refractivity contribution in [1.29, 1.82) is 0 Å². The van der Waals surface area contributed by atoms with Crippen molar-refractivity contribution in [3.8, 4) is 0 Å². The summed E-state index contributed by atoms with van der Waals surface area (Å²) < 4.78 is 0. The third kappa shape index (κ3) is 2.93. The molecule has 0 fully saturated rings. The summed E-state index contributed by atoms with van der Waals surface area (Å²) in [5, 5.41) is 14.3. The topological polar surface area (TPSA) is 68.1 Å². The molecule has 0 bridgehead atoms. The van der Waals surface area contributed by atoms with E-state index in [1.165, 1.54) is 5.56 Å². The summed E-state index contributed by atoms with van der Waals surface area (Å²) in [6, 6.07) is 7.99. The van der Waals surface area contributed by atoms with Gasteiger partial charge in [0.05, 0.1) is 22.7 Å². The molecule has 1 aromatic heterocycles. The first-order valence-corrected chi connectivity index (χ1v) is 6.39. The highest BCUT2D eigenvalue weighted by Crippen LogP contribution is 2.24. The molecule has 0 spiro atoms. The zero-order valence-electron chi connectivity index (χ0n) is 11.8. The van der Waals surface area contributed by atoms with Crippen molar-refractivity contribution in [2.45, 2.75) is 27.3 Å². The van der Waals surface area contributed by atoms with E-state index < -0.39 is 0 Å². The van der Waals surface area contributed by atoms with Gasteiger partial charge in [-0.05, 0) is 32.9 Å². The van der Waals surface area contributed by atoms with Gasteiger partial charge >= 0.3 is 0 Å². The molecular formula is C15H17N3O2. The molecule has 2 rings (SSSR count). The van der Waals surface area contributed by atoms with Gasteiger partial charge in [0.2, 0.25) is 0 Å². The number of hydrogen-bond acceptors (Lipinski definition) is 4. The highest BCUT2D eigenvalue weighted by Gasteiger charge is 2.18. The van der Waals surface area contributed by atoms with Crippen LogP contribution in [0.2, 0.25) is 0 Å². The maximum Gasteiger partial charge on any atom is 0.278 e. The summed E-state index contributed by atoms with van der Waals surface area (Å²) in [5.41, 5.74) is 4.22. The van der Waals surface area contributed by atoms with E-state index in [4.69, 9.17) is 0 Å². The van der Waals surface area contributed by atoms with Gasteiger partial charge in [-0.2, -0.15) is 0 Å². The lowest BCUT2D eigenvalue weighted by Crippen LogP contribution is -2.07. The van der Waals surface area contributed by atoms with Crippen LogP contribution in [0.3, 0.4) is 0 Å². The van der Waals surface area contributed by atoms with Crippen LogP contribution in [0.25, 0.3) is 0 Å². The fraction of sp³-hybridized carbons (Fsp3) is 0.267. The van der Waals surface area contributed by atoms with E-state index in [1.54, 1.807) is 20.0 Å². The van der Waals surface area contributed by atoms with Crippen LogP contribution < -0.4 is 5.32 Å². The number of pyridine rings is 1. The van der Waals surface area contributed by atoms with Crippen LogP contribution in [0.5, 0.6) is 0 Å². The highest BCUT2D eigenvalue weighted by molar-refractivity contribution is 5.49. The average Bonchev–Trinajstić information content (AvgIpc) is 2.39. The zero-order valence-corrected chi connectivity index (χ0v) is 11.8. The lowest BCUT2D eigenvalue weighted by molar-refractivity contribution is -0.386. The Morgan fingerprint density at radius 3 is 2.45 bits per heavy atom. The van der Waals surface area contributed by atoms with Gasteiger partial charge in [-0.3, -0.25) is 15.1 Å². The van der Waals surface area contributed by atoms with Crippen LogP contribution in [0.15, 0.2) is 30.5 Å². The van der Waals surface area contributed by atoms with E-state index in [1.807, 2.05) is 31.2 Å². The van der Waals surface area contributed by atoms with E-state index in [2.05, 4.69) is 10.3 Å². The Hall–Kier alpha value is -2.43. The molecule has 0 aliphatic rings. The molecule has 0 amide bonds. The minimum absolute atomic E-state index is 0.153. The van der Waals surface area contributed by atoms with Gasteiger partial charge < -0.3 is 5.32 Å². The number of aryl methyl sites for hydroxylation is 2. The molecule has 1 heterocycles. The van der Waals surface area contributed by atoms with E-state index in [0.29, 0.717) is 23.4 Å². The molecule has 1 aromatic carbocycles. The predicted octanol–water partition coefficient (Wildman–Crippen LogP) is 3.53. The second-order valence-corrected chi connectivity index (χ2v) is 4.84. The summed E-state index contributed by atoms with van der Waals surface area (Å²) in [7, 11) is 0. The van der Waals surface area contributed by atoms with E-state index >= 15 is 0 Å². The molecule has 0 saturated carbocycles. The lowest BCUT2D eigenvalue weighted by atomic mass is 10.1. The first-order chi connectivity index (χ1) is 9.49. The first-order valence-electron chi connectivity index (χ1n) is 6.39. The van der Waals surface area contributed by atoms with Gasteiger partial charge in [0.15, 0.2) is 0 Å². The van der Waals surface area contributed by atoms with Crippen LogP contribution >= 0.6 is 0 Å². The number of hydrogen-bond donors (Lipinski definition) is 1. The van der Waals surface area contributed by atoms with Crippen molar-refractivity contribution in [3.05, 3.63) is 63.0 Å². The Kier molecular flexibility index (Phi) is 3.98. The van der Waals surface area contributed by atoms with Crippen molar-refractivity contribution in [2.75, 3.05) is 5.32 Å². The van der Waals surface area contributed by atoms with Gasteiger partial charge in [0, 0.05) is 17.4 Å². The normalized spacial score (nSPS) is 10.3. The Morgan fingerprint density at radius 1 is 1.20 bits per heavy atom. The third-order valence-corrected chi connectivity index (χ3v) is 3.27. The number of nitro groups is 1. The monoisotopic (exact) mass is 271 g/mol. The number of aromatic nitrogens is 1. The summed E-state index contributed by atoms with van der Waals surface area (Å²) in [5.74, 6) is 0. The molecule has 5 heteroatoms. The van der Waals surface area contributed by atoms with Gasteiger partial charge in [-0.15, -0.1) is 0 Å². The Bertz CT molecular complexity index is 636. The molecule has 2 aromatic rings. The van der Waals surface area contributed by atoms with Crippen LogP contribution in [0, 0.1) is 30.9 Å². The summed E-state index contributed by atoms with van der Waals surface area (Å²) in [4.78, 5) is 15.0. The molecule has 20 heavy (non-hydrogen) atoms. The molecule has 0 aliphatic carbocycles. The average molecular weight is 271 g/mol. The molecular weight excluding hydrogens is 254 g/mol. The molecule has 104 valence electrons. The minimum Gasteiger partial charge on any atom is -0.379 e. The van der Waals surface area contributed by atoms with Gasteiger partial charge in [0.25, 0.3) is 5.69 Å². The number of nitrogens with one attached hydrogen (secondary N) is 1. The second-order valence-electron chi connectivity index (χ2n) is 4.84. The zero-order chi connectivity index (χ0) is 14.7. The van der Waals surface area contributed by atoms with Crippen LogP contribution in [-0.4, -0.2) is 9.91 Å². The standard InChI is InChI=1S/C15H17N3O2/c1-10-4-6-13(7-5-10)16-9-14-12(3)15(18(19)20)11(2)8-17-14/h4-8,16H,9H2,1-3H3. The number of nitrogens with zero attached hydrogens (tertiary/aromatic N) is 2. The summed E-state index contributed by atoms with van der Waals surface area (Å²) in [6.07, 6.45) is 1.55. The van der Waals surface area contributed by atoms with Crippen LogP contribution in [0.4, 0.5) is 11.4 Å². The third-order valence-electron chi connectivity index (χ3n) is 3.27. The van der Waals surface area contributed by atoms with Gasteiger partial charge in [0.1, 0.15) is 0 Å². The Morgan fingerprint density at radius 2 is 1.85 bits per heavy atom. The maximum atomic E-state index is 11.1. The van der Waals surface area contributed by atoms with Crippen molar-refractivity contribution < 1.29 is 4.92 Å². The molecule has 0 unspecified atom stereocenters. The fourth-order valence-electron chi connectivity index (χ4n) is 2.08. The van der Waals surface area contributed by atoms with Crippen LogP contribution in [0.1, 0.15) is 22.4 Å². The van der Waals surface area contributed by atoms with Gasteiger partial charge in [-0.25, -0.2) is 0 Å². The molecule has 0 radical (unpaired) electrons. The summed E-state index contributed by atoms with van der Waals surface area (Å²) in [6.45, 7) is 5.94. The summed E-state index contributed by atoms with van der Waals surface area (Å²) >= 11 is 0. The van der Waals surface area contributed by atoms with Crippen molar-refractivity contribution in [2.24, 2.45) is 0 Å². The maximum absolute atomic E-state index is 11.1. The van der Waals surface area contributed by atoms with E-state index in [0.717, 1.165) is 5.69 Å². The van der Waals surface area contributed by atoms with Crippen molar-refractivity contribution >= 4 is 11.4 Å². The fourth-order valence-corrected chi connectivity index (χ4v) is 2.08. The second kappa shape index (κ2) is 5.69. The van der Waals surface area contributed by atoms with Crippen LogP contribution in [-0.2, 0) is 6.54 Å². The quantitative estimate of drug-likeness (QED) is 0.682. The molecule has 1 N–H and O–H groups in total. The predicted molar refractivity (Wildman–Crippen MR) is 78.9 cm³/mol. The highest BCUT2D eigenvalue weighted by atomic mass is 16.6. The van der Waals surface area contributed by atoms with E-state index in [9.17, 15) is 10.1 Å². The van der Waals surface area contributed by atoms with Crippen molar-refractivity contribution in [1.82, 2.24) is 4.98 Å². The van der Waals surface area contributed by atoms with Crippen molar-refractivity contribution in [3.63, 3.8) is 0 Å². The Balaban J connectivity index is 2.20. The Labute approximate surface area is 117 Å². The smallest absolute Gasteiger partial charge is 0.278 e. The SMILES string of the molecule is Cc1ccc(NCc2ncc(C)c([N+](=O)[O-])c2C)cc1. The molecule has 5 nitrogen and oxygen atoms in total. The number of rotatable bonds is 4. The largest absolute Gasteiger partial charge is 0.379 e. The molecule has 0 saturated heterocycles. The number of benzene rings is 1. The lowest BCUT2D eigenvalue weighted by Gasteiger charge is -2.10. The first kappa shape index (κ1) is 14.0. The number of anilines is 1. The molecule has 0 atom stereocenters.